The molecule has 0 unspecified atom stereocenters. The zero-order valence-corrected chi connectivity index (χ0v) is 17.6. The van der Waals surface area contributed by atoms with Crippen molar-refractivity contribution < 1.29 is 13.3 Å². The highest BCUT2D eigenvalue weighted by Gasteiger charge is 2.41. The van der Waals surface area contributed by atoms with Crippen molar-refractivity contribution in [1.82, 2.24) is 19.8 Å². The first-order valence-electron chi connectivity index (χ1n) is 10.4. The molecule has 0 radical (unpaired) electrons. The lowest BCUT2D eigenvalue weighted by atomic mass is 9.88. The Kier molecular flexibility index (Phi) is 4.53. The van der Waals surface area contributed by atoms with Gasteiger partial charge in [0.05, 0.1) is 17.3 Å². The van der Waals surface area contributed by atoms with Crippen molar-refractivity contribution in [2.75, 3.05) is 11.4 Å². The highest BCUT2D eigenvalue weighted by molar-refractivity contribution is 5.75. The Morgan fingerprint density at radius 2 is 2.00 bits per heavy atom. The Bertz CT molecular complexity index is 1260. The molecule has 0 spiro atoms. The van der Waals surface area contributed by atoms with Crippen molar-refractivity contribution in [1.29, 1.82) is 0 Å². The topological polar surface area (TPSA) is 59.5 Å². The Hall–Kier alpha value is -3.29. The van der Waals surface area contributed by atoms with Gasteiger partial charge in [0, 0.05) is 30.3 Å². The maximum Gasteiger partial charge on any atom is 0.166 e. The summed E-state index contributed by atoms with van der Waals surface area (Å²) in [6.45, 7) is 6.71. The standard InChI is InChI=1S/C23H23F2N5O/c1-14(2)20-12-19(28-31-20)16-13-26-30-10-7-21(27-22(16)30)29-9-4-8-23(29,3)17-11-15(24)5-6-18(17)25/h5-7,10-14H,4,8-9H2,1-3H3/t23-/m1/s1. The van der Waals surface area contributed by atoms with Crippen LogP contribution in [-0.2, 0) is 5.54 Å². The van der Waals surface area contributed by atoms with Gasteiger partial charge in [-0.2, -0.15) is 5.10 Å². The van der Waals surface area contributed by atoms with Crippen molar-refractivity contribution in [3.8, 4) is 11.3 Å². The van der Waals surface area contributed by atoms with E-state index >= 15 is 0 Å². The van der Waals surface area contributed by atoms with Gasteiger partial charge in [0.2, 0.25) is 0 Å². The fourth-order valence-electron chi connectivity index (χ4n) is 4.40. The van der Waals surface area contributed by atoms with Crippen LogP contribution in [-0.4, -0.2) is 26.3 Å². The highest BCUT2D eigenvalue weighted by Crippen LogP contribution is 2.42. The van der Waals surface area contributed by atoms with E-state index in [-0.39, 0.29) is 5.92 Å². The van der Waals surface area contributed by atoms with Crippen molar-refractivity contribution in [3.63, 3.8) is 0 Å². The summed E-state index contributed by atoms with van der Waals surface area (Å²) in [4.78, 5) is 6.89. The number of fused-ring (bicyclic) bond motifs is 1. The van der Waals surface area contributed by atoms with Crippen molar-refractivity contribution >= 4 is 11.5 Å². The molecule has 1 fully saturated rings. The number of hydrogen-bond donors (Lipinski definition) is 0. The first-order valence-corrected chi connectivity index (χ1v) is 10.4. The molecular weight excluding hydrogens is 400 g/mol. The molecule has 0 amide bonds. The average Bonchev–Trinajstić information content (AvgIpc) is 3.47. The molecule has 0 N–H and O–H groups in total. The van der Waals surface area contributed by atoms with E-state index in [1.165, 1.54) is 12.1 Å². The predicted molar refractivity (Wildman–Crippen MR) is 113 cm³/mol. The number of rotatable bonds is 4. The van der Waals surface area contributed by atoms with Crippen molar-refractivity contribution in [2.45, 2.75) is 45.1 Å². The number of aromatic nitrogens is 4. The lowest BCUT2D eigenvalue weighted by molar-refractivity contribution is 0.373. The van der Waals surface area contributed by atoms with E-state index in [4.69, 9.17) is 9.51 Å². The third-order valence-electron chi connectivity index (χ3n) is 6.15. The minimum atomic E-state index is -0.698. The first-order chi connectivity index (χ1) is 14.9. The summed E-state index contributed by atoms with van der Waals surface area (Å²) in [5.74, 6) is 0.839. The molecular formula is C23H23F2N5O. The monoisotopic (exact) mass is 423 g/mol. The first kappa shape index (κ1) is 19.7. The van der Waals surface area contributed by atoms with E-state index in [9.17, 15) is 8.78 Å². The fourth-order valence-corrected chi connectivity index (χ4v) is 4.40. The van der Waals surface area contributed by atoms with Crippen LogP contribution in [0.4, 0.5) is 14.6 Å². The maximum absolute atomic E-state index is 14.7. The zero-order chi connectivity index (χ0) is 21.8. The summed E-state index contributed by atoms with van der Waals surface area (Å²) in [5.41, 5.74) is 1.71. The van der Waals surface area contributed by atoms with Gasteiger partial charge in [0.25, 0.3) is 0 Å². The number of hydrogen-bond acceptors (Lipinski definition) is 5. The van der Waals surface area contributed by atoms with E-state index in [1.807, 2.05) is 44.0 Å². The average molecular weight is 423 g/mol. The molecule has 4 heterocycles. The molecule has 31 heavy (non-hydrogen) atoms. The lowest BCUT2D eigenvalue weighted by Gasteiger charge is -2.37. The van der Waals surface area contributed by atoms with Gasteiger partial charge in [-0.25, -0.2) is 18.3 Å². The third-order valence-corrected chi connectivity index (χ3v) is 6.15. The SMILES string of the molecule is CC(C)c1cc(-c2cnn3ccc(N4CCC[C@]4(C)c4cc(F)ccc4F)nc23)no1. The Morgan fingerprint density at radius 3 is 2.77 bits per heavy atom. The van der Waals surface area contributed by atoms with Gasteiger partial charge in [0.15, 0.2) is 5.65 Å². The van der Waals surface area contributed by atoms with Crippen LogP contribution >= 0.6 is 0 Å². The van der Waals surface area contributed by atoms with Crippen LogP contribution in [0.1, 0.15) is 50.9 Å². The van der Waals surface area contributed by atoms with Crippen LogP contribution in [0.3, 0.4) is 0 Å². The molecule has 6 nitrogen and oxygen atoms in total. The summed E-state index contributed by atoms with van der Waals surface area (Å²) in [7, 11) is 0. The van der Waals surface area contributed by atoms with Crippen molar-refractivity contribution in [3.05, 3.63) is 65.7 Å². The van der Waals surface area contributed by atoms with Gasteiger partial charge < -0.3 is 9.42 Å². The molecule has 3 aromatic heterocycles. The minimum absolute atomic E-state index is 0.220. The maximum atomic E-state index is 14.7. The van der Waals surface area contributed by atoms with Crippen LogP contribution in [0.2, 0.25) is 0 Å². The van der Waals surface area contributed by atoms with Gasteiger partial charge in [-0.1, -0.05) is 19.0 Å². The molecule has 4 aromatic rings. The second-order valence-electron chi connectivity index (χ2n) is 8.53. The normalized spacial score (nSPS) is 19.1. The van der Waals surface area contributed by atoms with E-state index in [0.29, 0.717) is 35.7 Å². The van der Waals surface area contributed by atoms with Crippen LogP contribution in [0.5, 0.6) is 0 Å². The summed E-state index contributed by atoms with van der Waals surface area (Å²) in [6, 6.07) is 7.38. The Labute approximate surface area is 178 Å². The Morgan fingerprint density at radius 1 is 1.16 bits per heavy atom. The quantitative estimate of drug-likeness (QED) is 0.446. The lowest BCUT2D eigenvalue weighted by Crippen LogP contribution is -2.40. The molecule has 1 aliphatic rings. The molecule has 1 aromatic carbocycles. The molecule has 160 valence electrons. The number of anilines is 1. The zero-order valence-electron chi connectivity index (χ0n) is 17.6. The second-order valence-corrected chi connectivity index (χ2v) is 8.53. The van der Waals surface area contributed by atoms with Gasteiger partial charge in [-0.3, -0.25) is 0 Å². The van der Waals surface area contributed by atoms with E-state index in [1.54, 1.807) is 10.7 Å². The van der Waals surface area contributed by atoms with Crippen LogP contribution in [0, 0.1) is 11.6 Å². The summed E-state index contributed by atoms with van der Waals surface area (Å²) in [6.07, 6.45) is 5.09. The smallest absolute Gasteiger partial charge is 0.166 e. The third kappa shape index (κ3) is 3.17. The predicted octanol–water partition coefficient (Wildman–Crippen LogP) is 5.30. The van der Waals surface area contributed by atoms with E-state index < -0.39 is 17.2 Å². The van der Waals surface area contributed by atoms with Crippen LogP contribution < -0.4 is 4.90 Å². The molecule has 0 aliphatic carbocycles. The number of nitrogens with zero attached hydrogens (tertiary/aromatic N) is 5. The minimum Gasteiger partial charge on any atom is -0.361 e. The van der Waals surface area contributed by atoms with E-state index in [0.717, 1.165) is 23.8 Å². The van der Waals surface area contributed by atoms with Gasteiger partial charge >= 0.3 is 0 Å². The highest BCUT2D eigenvalue weighted by atomic mass is 19.1. The summed E-state index contributed by atoms with van der Waals surface area (Å²) < 4.78 is 35.7. The van der Waals surface area contributed by atoms with Gasteiger partial charge in [-0.15, -0.1) is 0 Å². The number of halogens is 2. The van der Waals surface area contributed by atoms with Gasteiger partial charge in [0.1, 0.15) is 28.9 Å². The van der Waals surface area contributed by atoms with Crippen molar-refractivity contribution in [2.24, 2.45) is 0 Å². The fraction of sp³-hybridized carbons (Fsp3) is 0.348. The molecule has 1 aliphatic heterocycles. The molecule has 5 rings (SSSR count). The molecule has 0 bridgehead atoms. The molecule has 1 atom stereocenters. The summed E-state index contributed by atoms with van der Waals surface area (Å²) >= 11 is 0. The number of benzene rings is 1. The van der Waals surface area contributed by atoms with Crippen LogP contribution in [0.15, 0.2) is 47.2 Å². The molecule has 1 saturated heterocycles. The molecule has 0 saturated carbocycles. The van der Waals surface area contributed by atoms with E-state index in [2.05, 4.69) is 10.3 Å². The summed E-state index contributed by atoms with van der Waals surface area (Å²) in [5, 5.41) is 8.56. The molecule has 8 heteroatoms. The second kappa shape index (κ2) is 7.14. The Balaban J connectivity index is 1.59. The largest absolute Gasteiger partial charge is 0.361 e. The van der Waals surface area contributed by atoms with Crippen LogP contribution in [0.25, 0.3) is 16.9 Å². The van der Waals surface area contributed by atoms with Gasteiger partial charge in [-0.05, 0) is 44.0 Å².